The predicted octanol–water partition coefficient (Wildman–Crippen LogP) is 0.936. The number of allylic oxidation sites excluding steroid dienone is 1. The maximum atomic E-state index is 12.0. The molecule has 25 heavy (non-hydrogen) atoms. The van der Waals surface area contributed by atoms with Crippen LogP contribution in [-0.4, -0.2) is 41.3 Å². The number of nitrogens with one attached hydrogen (secondary N) is 1. The number of aromatic nitrogens is 2. The van der Waals surface area contributed by atoms with Gasteiger partial charge < -0.3 is 14.9 Å². The van der Waals surface area contributed by atoms with Gasteiger partial charge in [0.25, 0.3) is 5.91 Å². The number of hydrogen-bond donors (Lipinski definition) is 2. The van der Waals surface area contributed by atoms with E-state index in [1.807, 2.05) is 0 Å². The van der Waals surface area contributed by atoms with Gasteiger partial charge in [-0.15, -0.1) is 0 Å². The molecule has 9 heteroatoms. The number of nitrogens with two attached hydrogens (primary N) is 1. The number of carbonyl (C=O) groups excluding carboxylic acids is 3. The Morgan fingerprint density at radius 1 is 1.44 bits per heavy atom. The van der Waals surface area contributed by atoms with Crippen molar-refractivity contribution < 1.29 is 23.5 Å². The Balaban J connectivity index is 2.37. The van der Waals surface area contributed by atoms with Crippen LogP contribution >= 0.6 is 0 Å². The summed E-state index contributed by atoms with van der Waals surface area (Å²) >= 11 is 0. The van der Waals surface area contributed by atoms with Crippen molar-refractivity contribution in [2.24, 2.45) is 5.73 Å². The van der Waals surface area contributed by atoms with E-state index in [1.54, 1.807) is 19.1 Å². The van der Waals surface area contributed by atoms with Crippen LogP contribution in [0.3, 0.4) is 0 Å². The van der Waals surface area contributed by atoms with E-state index in [0.717, 1.165) is 6.08 Å². The fourth-order valence-electron chi connectivity index (χ4n) is 1.90. The maximum absolute atomic E-state index is 12.0. The smallest absolute Gasteiger partial charge is 0.342 e. The van der Waals surface area contributed by atoms with Crippen LogP contribution in [0.15, 0.2) is 40.7 Å². The van der Waals surface area contributed by atoms with Gasteiger partial charge in [-0.3, -0.25) is 14.9 Å². The Bertz CT molecular complexity index is 799. The van der Waals surface area contributed by atoms with Gasteiger partial charge in [-0.2, -0.15) is 0 Å². The first-order chi connectivity index (χ1) is 12.1. The van der Waals surface area contributed by atoms with Crippen molar-refractivity contribution in [2.45, 2.75) is 6.92 Å². The van der Waals surface area contributed by atoms with Crippen LogP contribution in [0.1, 0.15) is 17.3 Å². The minimum atomic E-state index is -0.621. The molecule has 1 amide bonds. The van der Waals surface area contributed by atoms with Crippen LogP contribution in [0.5, 0.6) is 0 Å². The first-order valence-corrected chi connectivity index (χ1v) is 7.34. The minimum absolute atomic E-state index is 0.0626. The van der Waals surface area contributed by atoms with Crippen LogP contribution in [0.2, 0.25) is 0 Å². The SMILES string of the molecule is CCOC(=O)c1cnc(NC(=O)/C(=C\C=O)CN)nc1-c1ccco1. The van der Waals surface area contributed by atoms with Gasteiger partial charge in [0.05, 0.1) is 12.9 Å². The molecule has 9 nitrogen and oxygen atoms in total. The second kappa shape index (κ2) is 8.50. The van der Waals surface area contributed by atoms with Crippen molar-refractivity contribution >= 4 is 24.1 Å². The third kappa shape index (κ3) is 4.36. The molecule has 0 fully saturated rings. The summed E-state index contributed by atoms with van der Waals surface area (Å²) in [7, 11) is 0. The number of ether oxygens (including phenoxy) is 1. The summed E-state index contributed by atoms with van der Waals surface area (Å²) in [6.45, 7) is 1.73. The summed E-state index contributed by atoms with van der Waals surface area (Å²) in [5.41, 5.74) is 5.74. The Morgan fingerprint density at radius 2 is 2.24 bits per heavy atom. The van der Waals surface area contributed by atoms with Crippen LogP contribution in [-0.2, 0) is 14.3 Å². The number of carbonyl (C=O) groups is 3. The molecule has 0 saturated carbocycles. The molecule has 3 N–H and O–H groups in total. The summed E-state index contributed by atoms with van der Waals surface area (Å²) in [6.07, 6.45) is 4.16. The lowest BCUT2D eigenvalue weighted by atomic mass is 10.2. The molecule has 2 aromatic rings. The second-order valence-corrected chi connectivity index (χ2v) is 4.64. The van der Waals surface area contributed by atoms with Gasteiger partial charge in [-0.05, 0) is 25.1 Å². The average Bonchev–Trinajstić information content (AvgIpc) is 3.14. The normalized spacial score (nSPS) is 11.0. The van der Waals surface area contributed by atoms with Gasteiger partial charge in [0.15, 0.2) is 5.76 Å². The van der Waals surface area contributed by atoms with Gasteiger partial charge in [-0.1, -0.05) is 0 Å². The first kappa shape index (κ1) is 18.0. The second-order valence-electron chi connectivity index (χ2n) is 4.64. The van der Waals surface area contributed by atoms with Gasteiger partial charge >= 0.3 is 5.97 Å². The molecule has 0 atom stereocenters. The monoisotopic (exact) mass is 344 g/mol. The lowest BCUT2D eigenvalue weighted by Crippen LogP contribution is -2.22. The number of anilines is 1. The lowest BCUT2D eigenvalue weighted by Gasteiger charge is -2.09. The number of hydrogen-bond acceptors (Lipinski definition) is 8. The third-order valence-corrected chi connectivity index (χ3v) is 3.04. The molecule has 0 aliphatic heterocycles. The molecule has 0 aliphatic rings. The maximum Gasteiger partial charge on any atom is 0.342 e. The van der Waals surface area contributed by atoms with Crippen molar-refractivity contribution in [2.75, 3.05) is 18.5 Å². The van der Waals surface area contributed by atoms with Crippen molar-refractivity contribution in [3.63, 3.8) is 0 Å². The van der Waals surface area contributed by atoms with Crippen LogP contribution in [0, 0.1) is 0 Å². The molecule has 130 valence electrons. The highest BCUT2D eigenvalue weighted by molar-refractivity contribution is 6.05. The third-order valence-electron chi connectivity index (χ3n) is 3.04. The van der Waals surface area contributed by atoms with Crippen molar-refractivity contribution in [1.29, 1.82) is 0 Å². The zero-order chi connectivity index (χ0) is 18.2. The standard InChI is InChI=1S/C16H16N4O5/c1-2-24-15(23)11-9-18-16(19-13(11)12-4-3-7-25-12)20-14(22)10(8-17)5-6-21/h3-7,9H,2,8,17H2,1H3,(H,18,19,20,22)/b10-5-. The summed E-state index contributed by atoms with van der Waals surface area (Å²) < 4.78 is 10.2. The number of nitrogens with zero attached hydrogens (tertiary/aromatic N) is 2. The van der Waals surface area contributed by atoms with Crippen molar-refractivity contribution in [3.8, 4) is 11.5 Å². The highest BCUT2D eigenvalue weighted by atomic mass is 16.5. The number of furan rings is 1. The Hall–Kier alpha value is -3.33. The van der Waals surface area contributed by atoms with E-state index < -0.39 is 11.9 Å². The summed E-state index contributed by atoms with van der Waals surface area (Å²) in [4.78, 5) is 42.7. The van der Waals surface area contributed by atoms with Crippen LogP contribution in [0.4, 0.5) is 5.95 Å². The van der Waals surface area contributed by atoms with Crippen molar-refractivity contribution in [3.05, 3.63) is 41.8 Å². The summed E-state index contributed by atoms with van der Waals surface area (Å²) in [6, 6.07) is 3.23. The number of rotatable bonds is 7. The quantitative estimate of drug-likeness (QED) is 0.430. The Morgan fingerprint density at radius 3 is 2.84 bits per heavy atom. The zero-order valence-corrected chi connectivity index (χ0v) is 13.4. The van der Waals surface area contributed by atoms with Gasteiger partial charge in [0.2, 0.25) is 5.95 Å². The van der Waals surface area contributed by atoms with E-state index in [4.69, 9.17) is 14.9 Å². The summed E-state index contributed by atoms with van der Waals surface area (Å²) in [5, 5.41) is 2.42. The summed E-state index contributed by atoms with van der Waals surface area (Å²) in [5.74, 6) is -1.00. The molecule has 0 unspecified atom stereocenters. The molecule has 0 radical (unpaired) electrons. The first-order valence-electron chi connectivity index (χ1n) is 7.34. The highest BCUT2D eigenvalue weighted by Gasteiger charge is 2.20. The molecule has 2 aromatic heterocycles. The van der Waals surface area contributed by atoms with Crippen molar-refractivity contribution in [1.82, 2.24) is 9.97 Å². The zero-order valence-electron chi connectivity index (χ0n) is 13.4. The van der Waals surface area contributed by atoms with Crippen LogP contribution in [0.25, 0.3) is 11.5 Å². The Labute approximate surface area is 142 Å². The van der Waals surface area contributed by atoms with E-state index in [9.17, 15) is 14.4 Å². The van der Waals surface area contributed by atoms with Gasteiger partial charge in [-0.25, -0.2) is 14.8 Å². The van der Waals surface area contributed by atoms with Gasteiger partial charge in [0.1, 0.15) is 17.5 Å². The van der Waals surface area contributed by atoms with E-state index in [0.29, 0.717) is 12.0 Å². The predicted molar refractivity (Wildman–Crippen MR) is 87.5 cm³/mol. The molecule has 2 heterocycles. The van der Waals surface area contributed by atoms with E-state index in [1.165, 1.54) is 12.5 Å². The molecule has 0 spiro atoms. The number of aldehydes is 1. The molecule has 0 saturated heterocycles. The molecule has 0 aliphatic carbocycles. The highest BCUT2D eigenvalue weighted by Crippen LogP contribution is 2.23. The molecule has 2 rings (SSSR count). The van der Waals surface area contributed by atoms with Crippen LogP contribution < -0.4 is 11.1 Å². The van der Waals surface area contributed by atoms with Gasteiger partial charge in [0, 0.05) is 18.3 Å². The largest absolute Gasteiger partial charge is 0.463 e. The fourth-order valence-corrected chi connectivity index (χ4v) is 1.90. The number of amides is 1. The average molecular weight is 344 g/mol. The minimum Gasteiger partial charge on any atom is -0.463 e. The van der Waals surface area contributed by atoms with E-state index in [2.05, 4.69) is 15.3 Å². The fraction of sp³-hybridized carbons (Fsp3) is 0.188. The topological polar surface area (TPSA) is 137 Å². The van der Waals surface area contributed by atoms with E-state index >= 15 is 0 Å². The lowest BCUT2D eigenvalue weighted by molar-refractivity contribution is -0.113. The molecule has 0 aromatic carbocycles. The Kier molecular flexibility index (Phi) is 6.13. The number of esters is 1. The molecular weight excluding hydrogens is 328 g/mol. The van der Waals surface area contributed by atoms with E-state index in [-0.39, 0.29) is 35.9 Å². The molecular formula is C16H16N4O5. The molecule has 0 bridgehead atoms.